The molecule has 0 unspecified atom stereocenters. The van der Waals surface area contributed by atoms with Crippen LogP contribution >= 0.6 is 7.60 Å². The summed E-state index contributed by atoms with van der Waals surface area (Å²) in [5.74, 6) is 0.0890. The van der Waals surface area contributed by atoms with Gasteiger partial charge in [0.25, 0.3) is 0 Å². The minimum atomic E-state index is -4.34. The van der Waals surface area contributed by atoms with E-state index in [2.05, 4.69) is 9.97 Å². The second-order valence-electron chi connectivity index (χ2n) is 3.79. The lowest BCUT2D eigenvalue weighted by atomic mass is 10.3. The molecule has 10 nitrogen and oxygen atoms in total. The fraction of sp³-hybridized carbons (Fsp3) is 0.625. The Balaban J connectivity index is 2.82. The molecule has 1 aromatic heterocycles. The lowest BCUT2D eigenvalue weighted by Gasteiger charge is -2.17. The zero-order valence-corrected chi connectivity index (χ0v) is 11.0. The van der Waals surface area contributed by atoms with E-state index in [1.54, 1.807) is 0 Å². The zero-order chi connectivity index (χ0) is 14.6. The zero-order valence-electron chi connectivity index (χ0n) is 10.1. The van der Waals surface area contributed by atoms with Gasteiger partial charge in [0.1, 0.15) is 12.2 Å². The highest BCUT2D eigenvalue weighted by molar-refractivity contribution is 7.51. The normalized spacial score (nSPS) is 13.5. The molecule has 0 saturated heterocycles. The van der Waals surface area contributed by atoms with Gasteiger partial charge in [-0.15, -0.1) is 0 Å². The number of rotatable bonds is 6. The van der Waals surface area contributed by atoms with Crippen LogP contribution in [0.5, 0.6) is 0 Å². The van der Waals surface area contributed by atoms with E-state index in [0.29, 0.717) is 0 Å². The number of nitrogens with two attached hydrogens (primary N) is 1. The molecule has 0 saturated carbocycles. The van der Waals surface area contributed by atoms with Gasteiger partial charge in [0.2, 0.25) is 5.95 Å². The van der Waals surface area contributed by atoms with Gasteiger partial charge in [-0.2, -0.15) is 4.98 Å². The highest BCUT2D eigenvalue weighted by atomic mass is 31.2. The molecule has 1 rings (SSSR count). The molecule has 0 amide bonds. The third-order valence-corrected chi connectivity index (χ3v) is 2.66. The Hall–Kier alpha value is -1.32. The summed E-state index contributed by atoms with van der Waals surface area (Å²) in [6, 6.07) is 0. The van der Waals surface area contributed by atoms with Crippen LogP contribution in [0.1, 0.15) is 5.82 Å². The summed E-state index contributed by atoms with van der Waals surface area (Å²) in [4.78, 5) is 36.1. The summed E-state index contributed by atoms with van der Waals surface area (Å²) < 4.78 is 16.6. The second kappa shape index (κ2) is 6.22. The number of ether oxygens (including phenoxy) is 1. The van der Waals surface area contributed by atoms with Crippen LogP contribution in [0.2, 0.25) is 0 Å². The Labute approximate surface area is 108 Å². The van der Waals surface area contributed by atoms with E-state index in [1.165, 1.54) is 6.92 Å². The van der Waals surface area contributed by atoms with Crippen molar-refractivity contribution in [2.75, 3.05) is 18.7 Å². The number of anilines is 1. The molecule has 5 N–H and O–H groups in total. The van der Waals surface area contributed by atoms with E-state index in [-0.39, 0.29) is 18.3 Å². The molecule has 1 atom stereocenters. The number of hydrogen-bond acceptors (Lipinski definition) is 7. The van der Waals surface area contributed by atoms with Crippen molar-refractivity contribution in [3.05, 3.63) is 16.3 Å². The number of aliphatic hydroxyl groups is 1. The first-order valence-corrected chi connectivity index (χ1v) is 7.00. The maximum Gasteiger partial charge on any atom is 0.352 e. The minimum Gasteiger partial charge on any atom is -0.394 e. The lowest BCUT2D eigenvalue weighted by Crippen LogP contribution is -2.34. The van der Waals surface area contributed by atoms with Crippen LogP contribution < -0.4 is 11.4 Å². The molecule has 11 heteroatoms. The summed E-state index contributed by atoms with van der Waals surface area (Å²) in [6.45, 7) is 0.856. The topological polar surface area (TPSA) is 161 Å². The van der Waals surface area contributed by atoms with Crippen molar-refractivity contribution in [3.8, 4) is 0 Å². The molecule has 0 aliphatic rings. The summed E-state index contributed by atoms with van der Waals surface area (Å²) in [5.41, 5.74) is 4.61. The minimum absolute atomic E-state index is 0.137. The Morgan fingerprint density at radius 2 is 2.11 bits per heavy atom. The van der Waals surface area contributed by atoms with Crippen molar-refractivity contribution in [2.24, 2.45) is 0 Å². The molecular weight excluding hydrogens is 279 g/mol. The predicted octanol–water partition coefficient (Wildman–Crippen LogP) is -1.96. The summed E-state index contributed by atoms with van der Waals surface area (Å²) in [6.07, 6.45) is -1.81. The lowest BCUT2D eigenvalue weighted by molar-refractivity contribution is 0.0183. The van der Waals surface area contributed by atoms with E-state index in [4.69, 9.17) is 25.4 Å². The van der Waals surface area contributed by atoms with Gasteiger partial charge in [0.15, 0.2) is 0 Å². The Kier molecular flexibility index (Phi) is 5.15. The van der Waals surface area contributed by atoms with Crippen LogP contribution in [0.15, 0.2) is 4.79 Å². The van der Waals surface area contributed by atoms with Gasteiger partial charge in [-0.1, -0.05) is 0 Å². The average molecular weight is 294 g/mol. The molecule has 108 valence electrons. The van der Waals surface area contributed by atoms with Gasteiger partial charge in [0.05, 0.1) is 19.3 Å². The SMILES string of the molecule is Cc1nc(N)nc(=O)n1C[C@@H](CO)OCP(=O)(O)O. The van der Waals surface area contributed by atoms with E-state index in [1.807, 2.05) is 0 Å². The molecule has 0 aliphatic carbocycles. The number of hydrogen-bond donors (Lipinski definition) is 4. The first-order chi connectivity index (χ1) is 8.73. The number of aromatic nitrogens is 3. The Morgan fingerprint density at radius 1 is 1.47 bits per heavy atom. The fourth-order valence-corrected chi connectivity index (χ4v) is 1.73. The van der Waals surface area contributed by atoms with Crippen LogP contribution in [-0.2, 0) is 15.8 Å². The van der Waals surface area contributed by atoms with Gasteiger partial charge in [-0.25, -0.2) is 9.78 Å². The number of nitrogen functional groups attached to an aromatic ring is 1. The summed E-state index contributed by atoms with van der Waals surface area (Å²) in [5, 5.41) is 9.06. The van der Waals surface area contributed by atoms with E-state index in [9.17, 15) is 9.36 Å². The van der Waals surface area contributed by atoms with Gasteiger partial charge < -0.3 is 25.4 Å². The Bertz CT molecular complexity index is 541. The van der Waals surface area contributed by atoms with Gasteiger partial charge >= 0.3 is 13.3 Å². The van der Waals surface area contributed by atoms with Crippen LogP contribution in [-0.4, -0.2) is 48.5 Å². The quantitative estimate of drug-likeness (QED) is 0.436. The molecule has 1 aromatic rings. The van der Waals surface area contributed by atoms with E-state index < -0.39 is 32.3 Å². The van der Waals surface area contributed by atoms with Gasteiger partial charge in [0, 0.05) is 0 Å². The maximum atomic E-state index is 11.6. The molecule has 0 fully saturated rings. The number of nitrogens with zero attached hydrogens (tertiary/aromatic N) is 3. The van der Waals surface area contributed by atoms with Crippen LogP contribution in [0.4, 0.5) is 5.95 Å². The standard InChI is InChI=1S/C8H15N4O6P/c1-5-10-7(9)11-8(14)12(5)2-6(3-13)18-4-19(15,16)17/h6,13H,2-4H2,1H3,(H2,9,11,14)(H2,15,16,17)/t6-/m0/s1. The van der Waals surface area contributed by atoms with Gasteiger partial charge in [-0.05, 0) is 6.92 Å². The third kappa shape index (κ3) is 5.05. The summed E-state index contributed by atoms with van der Waals surface area (Å²) in [7, 11) is -4.34. The second-order valence-corrected chi connectivity index (χ2v) is 5.37. The Morgan fingerprint density at radius 3 is 2.58 bits per heavy atom. The molecule has 0 radical (unpaired) electrons. The van der Waals surface area contributed by atoms with Crippen LogP contribution in [0, 0.1) is 6.92 Å². The predicted molar refractivity (Wildman–Crippen MR) is 64.3 cm³/mol. The highest BCUT2D eigenvalue weighted by Crippen LogP contribution is 2.34. The molecule has 0 bridgehead atoms. The molecule has 1 heterocycles. The first-order valence-electron chi connectivity index (χ1n) is 5.21. The first kappa shape index (κ1) is 15.7. The maximum absolute atomic E-state index is 11.6. The van der Waals surface area contributed by atoms with Crippen molar-refractivity contribution in [3.63, 3.8) is 0 Å². The highest BCUT2D eigenvalue weighted by Gasteiger charge is 2.19. The number of aliphatic hydroxyl groups excluding tert-OH is 1. The van der Waals surface area contributed by atoms with Crippen molar-refractivity contribution in [1.82, 2.24) is 14.5 Å². The largest absolute Gasteiger partial charge is 0.394 e. The van der Waals surface area contributed by atoms with E-state index >= 15 is 0 Å². The fourth-order valence-electron chi connectivity index (χ4n) is 1.33. The molecule has 0 aromatic carbocycles. The van der Waals surface area contributed by atoms with Crippen molar-refractivity contribution in [2.45, 2.75) is 19.6 Å². The molecular formula is C8H15N4O6P. The van der Waals surface area contributed by atoms with Crippen molar-refractivity contribution < 1.29 is 24.2 Å². The smallest absolute Gasteiger partial charge is 0.352 e. The van der Waals surface area contributed by atoms with Crippen molar-refractivity contribution in [1.29, 1.82) is 0 Å². The molecule has 0 aliphatic heterocycles. The number of aryl methyl sites for hydroxylation is 1. The van der Waals surface area contributed by atoms with Gasteiger partial charge in [-0.3, -0.25) is 9.13 Å². The molecule has 0 spiro atoms. The summed E-state index contributed by atoms with van der Waals surface area (Å²) >= 11 is 0. The average Bonchev–Trinajstić information content (AvgIpc) is 2.25. The van der Waals surface area contributed by atoms with Crippen molar-refractivity contribution >= 4 is 13.5 Å². The van der Waals surface area contributed by atoms with Crippen LogP contribution in [0.25, 0.3) is 0 Å². The molecule has 19 heavy (non-hydrogen) atoms. The third-order valence-electron chi connectivity index (χ3n) is 2.18. The monoisotopic (exact) mass is 294 g/mol. The van der Waals surface area contributed by atoms with Crippen LogP contribution in [0.3, 0.4) is 0 Å². The van der Waals surface area contributed by atoms with E-state index in [0.717, 1.165) is 4.57 Å².